The molecule has 1 rings (SSSR count). The Morgan fingerprint density at radius 3 is 2.21 bits per heavy atom. The average molecular weight is 197 g/mol. The highest BCUT2D eigenvalue weighted by atomic mass is 19.1. The number of alkyl halides is 1. The summed E-state index contributed by atoms with van der Waals surface area (Å²) in [4.78, 5) is 0. The van der Waals surface area contributed by atoms with Gasteiger partial charge in [0.1, 0.15) is 12.4 Å². The second-order valence-electron chi connectivity index (χ2n) is 3.45. The lowest BCUT2D eigenvalue weighted by Crippen LogP contribution is -2.12. The van der Waals surface area contributed by atoms with Gasteiger partial charge < -0.3 is 10.5 Å². The third kappa shape index (κ3) is 2.04. The highest BCUT2D eigenvalue weighted by Gasteiger charge is 2.10. The van der Waals surface area contributed by atoms with Gasteiger partial charge in [-0.05, 0) is 30.5 Å². The lowest BCUT2D eigenvalue weighted by Gasteiger charge is -2.13. The van der Waals surface area contributed by atoms with E-state index >= 15 is 0 Å². The number of halogens is 1. The first-order valence-corrected chi connectivity index (χ1v) is 4.56. The maximum Gasteiger partial charge on any atom is 0.124 e. The summed E-state index contributed by atoms with van der Waals surface area (Å²) in [7, 11) is 1.63. The Kier molecular flexibility index (Phi) is 3.47. The molecule has 0 fully saturated rings. The number of aryl methyl sites for hydroxylation is 2. The molecule has 0 spiro atoms. The Morgan fingerprint density at radius 1 is 1.36 bits per heavy atom. The van der Waals surface area contributed by atoms with Crippen LogP contribution in [0.25, 0.3) is 0 Å². The molecule has 0 aliphatic carbocycles. The molecule has 0 aromatic heterocycles. The summed E-state index contributed by atoms with van der Waals surface area (Å²) in [5, 5.41) is 0. The van der Waals surface area contributed by atoms with Crippen LogP contribution >= 0.6 is 0 Å². The first-order valence-electron chi connectivity index (χ1n) is 4.56. The quantitative estimate of drug-likeness (QED) is 0.806. The third-order valence-corrected chi connectivity index (χ3v) is 2.28. The number of hydrogen-bond donors (Lipinski definition) is 1. The van der Waals surface area contributed by atoms with Crippen molar-refractivity contribution in [1.82, 2.24) is 0 Å². The SMILES string of the molecule is COc1c(C)cc([C@H](N)CF)cc1C. The summed E-state index contributed by atoms with van der Waals surface area (Å²) in [6, 6.07) is 3.21. The summed E-state index contributed by atoms with van der Waals surface area (Å²) in [5.74, 6) is 0.847. The van der Waals surface area contributed by atoms with Gasteiger partial charge in [-0.2, -0.15) is 0 Å². The minimum Gasteiger partial charge on any atom is -0.496 e. The van der Waals surface area contributed by atoms with Gasteiger partial charge >= 0.3 is 0 Å². The van der Waals surface area contributed by atoms with Crippen LogP contribution in [0.2, 0.25) is 0 Å². The number of hydrogen-bond acceptors (Lipinski definition) is 2. The predicted octanol–water partition coefficient (Wildman–Crippen LogP) is 2.28. The second kappa shape index (κ2) is 4.42. The van der Waals surface area contributed by atoms with Gasteiger partial charge in [0.25, 0.3) is 0 Å². The van der Waals surface area contributed by atoms with Crippen LogP contribution in [-0.2, 0) is 0 Å². The van der Waals surface area contributed by atoms with Crippen LogP contribution in [0.1, 0.15) is 22.7 Å². The molecule has 78 valence electrons. The molecule has 0 saturated heterocycles. The zero-order valence-electron chi connectivity index (χ0n) is 8.80. The van der Waals surface area contributed by atoms with E-state index < -0.39 is 12.7 Å². The van der Waals surface area contributed by atoms with Crippen molar-refractivity contribution in [3.63, 3.8) is 0 Å². The van der Waals surface area contributed by atoms with E-state index in [1.54, 1.807) is 7.11 Å². The van der Waals surface area contributed by atoms with Crippen molar-refractivity contribution in [3.05, 3.63) is 28.8 Å². The highest BCUT2D eigenvalue weighted by molar-refractivity contribution is 5.44. The molecule has 1 atom stereocenters. The van der Waals surface area contributed by atoms with Crippen molar-refractivity contribution >= 4 is 0 Å². The lowest BCUT2D eigenvalue weighted by molar-refractivity contribution is 0.407. The van der Waals surface area contributed by atoms with E-state index in [2.05, 4.69) is 0 Å². The van der Waals surface area contributed by atoms with Gasteiger partial charge in [-0.1, -0.05) is 12.1 Å². The molecule has 0 radical (unpaired) electrons. The number of rotatable bonds is 3. The van der Waals surface area contributed by atoms with E-state index in [1.165, 1.54) is 0 Å². The van der Waals surface area contributed by atoms with Crippen molar-refractivity contribution in [2.24, 2.45) is 5.73 Å². The van der Waals surface area contributed by atoms with E-state index in [0.29, 0.717) is 0 Å². The minimum absolute atomic E-state index is 0.529. The van der Waals surface area contributed by atoms with E-state index in [0.717, 1.165) is 22.4 Å². The normalized spacial score (nSPS) is 12.6. The van der Waals surface area contributed by atoms with Crippen molar-refractivity contribution < 1.29 is 9.13 Å². The van der Waals surface area contributed by atoms with Gasteiger partial charge in [-0.15, -0.1) is 0 Å². The van der Waals surface area contributed by atoms with E-state index in [4.69, 9.17) is 10.5 Å². The molecule has 0 bridgehead atoms. The Hall–Kier alpha value is -1.09. The summed E-state index contributed by atoms with van der Waals surface area (Å²) in [5.41, 5.74) is 8.41. The first-order chi connectivity index (χ1) is 6.60. The molecular formula is C11H16FNO. The molecular weight excluding hydrogens is 181 g/mol. The van der Waals surface area contributed by atoms with Gasteiger partial charge in [0.15, 0.2) is 0 Å². The molecule has 0 unspecified atom stereocenters. The molecule has 0 amide bonds. The Labute approximate surface area is 83.9 Å². The molecule has 1 aromatic rings. The zero-order valence-corrected chi connectivity index (χ0v) is 8.80. The number of methoxy groups -OCH3 is 1. The average Bonchev–Trinajstić information content (AvgIpc) is 2.16. The van der Waals surface area contributed by atoms with Crippen LogP contribution in [0.15, 0.2) is 12.1 Å². The van der Waals surface area contributed by atoms with Crippen molar-refractivity contribution in [3.8, 4) is 5.75 Å². The van der Waals surface area contributed by atoms with Crippen LogP contribution in [0.3, 0.4) is 0 Å². The fraction of sp³-hybridized carbons (Fsp3) is 0.455. The second-order valence-corrected chi connectivity index (χ2v) is 3.45. The van der Waals surface area contributed by atoms with E-state index in [9.17, 15) is 4.39 Å². The molecule has 2 N–H and O–H groups in total. The fourth-order valence-electron chi connectivity index (χ4n) is 1.61. The van der Waals surface area contributed by atoms with Gasteiger partial charge in [0, 0.05) is 0 Å². The Bertz CT molecular complexity index is 302. The topological polar surface area (TPSA) is 35.2 Å². The minimum atomic E-state index is -0.536. The lowest BCUT2D eigenvalue weighted by atomic mass is 10.0. The molecule has 14 heavy (non-hydrogen) atoms. The van der Waals surface area contributed by atoms with Crippen molar-refractivity contribution in [1.29, 1.82) is 0 Å². The number of nitrogens with two attached hydrogens (primary N) is 1. The number of ether oxygens (including phenoxy) is 1. The van der Waals surface area contributed by atoms with Gasteiger partial charge in [0.2, 0.25) is 0 Å². The van der Waals surface area contributed by atoms with Crippen molar-refractivity contribution in [2.75, 3.05) is 13.8 Å². The van der Waals surface area contributed by atoms with Gasteiger partial charge in [-0.3, -0.25) is 0 Å². The summed E-state index contributed by atoms with van der Waals surface area (Å²) >= 11 is 0. The molecule has 0 aliphatic heterocycles. The van der Waals surface area contributed by atoms with E-state index in [-0.39, 0.29) is 0 Å². The van der Waals surface area contributed by atoms with Crippen LogP contribution in [0.4, 0.5) is 4.39 Å². The van der Waals surface area contributed by atoms with Crippen LogP contribution in [0, 0.1) is 13.8 Å². The number of benzene rings is 1. The molecule has 3 heteroatoms. The maximum absolute atomic E-state index is 12.4. The standard InChI is InChI=1S/C11H16FNO/c1-7-4-9(10(13)6-12)5-8(2)11(7)14-3/h4-5,10H,6,13H2,1-3H3/t10-/m1/s1. The third-order valence-electron chi connectivity index (χ3n) is 2.28. The summed E-state index contributed by atoms with van der Waals surface area (Å²) in [6.07, 6.45) is 0. The molecule has 0 saturated carbocycles. The molecule has 1 aromatic carbocycles. The largest absolute Gasteiger partial charge is 0.496 e. The Balaban J connectivity index is 3.13. The van der Waals surface area contributed by atoms with Gasteiger partial charge in [0.05, 0.1) is 13.2 Å². The first kappa shape index (κ1) is 11.0. The summed E-state index contributed by atoms with van der Waals surface area (Å²) in [6.45, 7) is 3.33. The van der Waals surface area contributed by atoms with Crippen LogP contribution < -0.4 is 10.5 Å². The van der Waals surface area contributed by atoms with Crippen LogP contribution in [0.5, 0.6) is 5.75 Å². The predicted molar refractivity (Wildman–Crippen MR) is 55.4 cm³/mol. The van der Waals surface area contributed by atoms with Crippen LogP contribution in [-0.4, -0.2) is 13.8 Å². The Morgan fingerprint density at radius 2 is 1.86 bits per heavy atom. The zero-order chi connectivity index (χ0) is 10.7. The molecule has 0 aliphatic rings. The highest BCUT2D eigenvalue weighted by Crippen LogP contribution is 2.26. The smallest absolute Gasteiger partial charge is 0.124 e. The molecule has 2 nitrogen and oxygen atoms in total. The maximum atomic E-state index is 12.4. The summed E-state index contributed by atoms with van der Waals surface area (Å²) < 4.78 is 17.6. The monoisotopic (exact) mass is 197 g/mol. The van der Waals surface area contributed by atoms with Gasteiger partial charge in [-0.25, -0.2) is 4.39 Å². The molecule has 0 heterocycles. The van der Waals surface area contributed by atoms with Crippen molar-refractivity contribution in [2.45, 2.75) is 19.9 Å². The fourth-order valence-corrected chi connectivity index (χ4v) is 1.61. The van der Waals surface area contributed by atoms with E-state index in [1.807, 2.05) is 26.0 Å².